The molecule has 1 heterocycles. The Balaban J connectivity index is 1.78. The van der Waals surface area contributed by atoms with Crippen LogP contribution < -0.4 is 0 Å². The molecule has 82 valence electrons. The highest BCUT2D eigenvalue weighted by molar-refractivity contribution is 5.87. The van der Waals surface area contributed by atoms with Gasteiger partial charge in [0.2, 0.25) is 5.91 Å². The maximum atomic E-state index is 11.6. The monoisotopic (exact) mass is 205 g/mol. The van der Waals surface area contributed by atoms with E-state index in [0.717, 1.165) is 36.8 Å². The Morgan fingerprint density at radius 3 is 1.93 bits per heavy atom. The second-order valence-electron chi connectivity index (χ2n) is 5.45. The van der Waals surface area contributed by atoms with Crippen molar-refractivity contribution in [2.75, 3.05) is 13.1 Å². The van der Waals surface area contributed by atoms with Crippen molar-refractivity contribution < 1.29 is 4.79 Å². The smallest absolute Gasteiger partial charge is 0.245 e. The number of hydrogen-bond acceptors (Lipinski definition) is 1. The van der Waals surface area contributed by atoms with Crippen LogP contribution in [0.1, 0.15) is 25.7 Å². The van der Waals surface area contributed by atoms with Crippen LogP contribution in [0.4, 0.5) is 0 Å². The highest BCUT2D eigenvalue weighted by Crippen LogP contribution is 2.51. The van der Waals surface area contributed by atoms with E-state index in [1.54, 1.807) is 0 Å². The summed E-state index contributed by atoms with van der Waals surface area (Å²) in [4.78, 5) is 13.6. The van der Waals surface area contributed by atoms with E-state index in [2.05, 4.69) is 6.58 Å². The lowest BCUT2D eigenvalue weighted by atomic mass is 9.60. The molecule has 4 rings (SSSR count). The van der Waals surface area contributed by atoms with Gasteiger partial charge in [-0.05, 0) is 55.4 Å². The minimum Gasteiger partial charge on any atom is -0.339 e. The molecule has 1 saturated heterocycles. The fraction of sp³-hybridized carbons (Fsp3) is 0.769. The van der Waals surface area contributed by atoms with E-state index in [-0.39, 0.29) is 5.91 Å². The molecule has 4 aliphatic rings. The van der Waals surface area contributed by atoms with Crippen LogP contribution >= 0.6 is 0 Å². The number of likely N-dealkylation sites (tertiary alicyclic amines) is 1. The molecule has 3 saturated carbocycles. The Labute approximate surface area is 91.3 Å². The molecule has 2 unspecified atom stereocenters. The lowest BCUT2D eigenvalue weighted by molar-refractivity contribution is -0.125. The molecular weight excluding hydrogens is 186 g/mol. The van der Waals surface area contributed by atoms with Crippen LogP contribution in [-0.4, -0.2) is 23.9 Å². The SMILES string of the molecule is C=CC(=O)N1CC2C3CCC(CC3)C2C1. The van der Waals surface area contributed by atoms with Gasteiger partial charge in [0.25, 0.3) is 0 Å². The first-order valence-corrected chi connectivity index (χ1v) is 6.21. The number of carbonyl (C=O) groups is 1. The summed E-state index contributed by atoms with van der Waals surface area (Å²) in [7, 11) is 0. The fourth-order valence-electron chi connectivity index (χ4n) is 4.16. The van der Waals surface area contributed by atoms with E-state index in [1.807, 2.05) is 4.90 Å². The largest absolute Gasteiger partial charge is 0.339 e. The molecule has 2 bridgehead atoms. The van der Waals surface area contributed by atoms with Gasteiger partial charge >= 0.3 is 0 Å². The Morgan fingerprint density at radius 1 is 1.07 bits per heavy atom. The minimum absolute atomic E-state index is 0.142. The van der Waals surface area contributed by atoms with Crippen LogP contribution in [0.2, 0.25) is 0 Å². The zero-order valence-corrected chi connectivity index (χ0v) is 9.19. The molecule has 15 heavy (non-hydrogen) atoms. The Morgan fingerprint density at radius 2 is 1.53 bits per heavy atom. The molecule has 1 aliphatic heterocycles. The Bertz CT molecular complexity index is 271. The molecule has 1 amide bonds. The number of nitrogens with zero attached hydrogens (tertiary/aromatic N) is 1. The van der Waals surface area contributed by atoms with E-state index in [4.69, 9.17) is 0 Å². The summed E-state index contributed by atoms with van der Waals surface area (Å²) in [5, 5.41) is 0. The van der Waals surface area contributed by atoms with Crippen LogP contribution in [0.25, 0.3) is 0 Å². The van der Waals surface area contributed by atoms with Gasteiger partial charge in [0.15, 0.2) is 0 Å². The molecule has 0 aromatic carbocycles. The first kappa shape index (κ1) is 9.44. The fourth-order valence-corrected chi connectivity index (χ4v) is 4.16. The Hall–Kier alpha value is -0.790. The van der Waals surface area contributed by atoms with Crippen molar-refractivity contribution in [2.24, 2.45) is 23.7 Å². The lowest BCUT2D eigenvalue weighted by Gasteiger charge is -2.44. The molecule has 2 atom stereocenters. The standard InChI is InChI=1S/C13H19NO/c1-2-13(15)14-7-11-9-3-4-10(6-5-9)12(11)8-14/h2,9-12H,1,3-8H2. The topological polar surface area (TPSA) is 20.3 Å². The third-order valence-corrected chi connectivity index (χ3v) is 4.93. The summed E-state index contributed by atoms with van der Waals surface area (Å²) in [5.41, 5.74) is 0. The second kappa shape index (κ2) is 3.36. The summed E-state index contributed by atoms with van der Waals surface area (Å²) in [6, 6.07) is 0. The highest BCUT2D eigenvalue weighted by atomic mass is 16.2. The van der Waals surface area contributed by atoms with Crippen molar-refractivity contribution in [3.05, 3.63) is 12.7 Å². The molecule has 2 nitrogen and oxygen atoms in total. The number of rotatable bonds is 1. The third kappa shape index (κ3) is 1.34. The predicted molar refractivity (Wildman–Crippen MR) is 59.2 cm³/mol. The van der Waals surface area contributed by atoms with Gasteiger partial charge < -0.3 is 4.90 Å². The van der Waals surface area contributed by atoms with Gasteiger partial charge in [-0.2, -0.15) is 0 Å². The van der Waals surface area contributed by atoms with Gasteiger partial charge in [-0.1, -0.05) is 6.58 Å². The maximum absolute atomic E-state index is 11.6. The van der Waals surface area contributed by atoms with Crippen molar-refractivity contribution >= 4 is 5.91 Å². The quantitative estimate of drug-likeness (QED) is 0.600. The normalized spacial score (nSPS) is 42.8. The van der Waals surface area contributed by atoms with Crippen molar-refractivity contribution in [2.45, 2.75) is 25.7 Å². The highest BCUT2D eigenvalue weighted by Gasteiger charge is 2.48. The average Bonchev–Trinajstić information content (AvgIpc) is 2.76. The Kier molecular flexibility index (Phi) is 2.11. The summed E-state index contributed by atoms with van der Waals surface area (Å²) in [6.07, 6.45) is 7.15. The van der Waals surface area contributed by atoms with E-state index in [9.17, 15) is 4.79 Å². The number of carbonyl (C=O) groups excluding carboxylic acids is 1. The molecule has 0 aromatic rings. The van der Waals surface area contributed by atoms with Crippen molar-refractivity contribution in [3.8, 4) is 0 Å². The van der Waals surface area contributed by atoms with Gasteiger partial charge in [0, 0.05) is 13.1 Å². The van der Waals surface area contributed by atoms with E-state index in [0.29, 0.717) is 0 Å². The molecule has 4 fully saturated rings. The molecular formula is C13H19NO. The molecule has 0 N–H and O–H groups in total. The number of hydrogen-bond donors (Lipinski definition) is 0. The lowest BCUT2D eigenvalue weighted by Crippen LogP contribution is -2.38. The molecule has 3 aliphatic carbocycles. The molecule has 2 heteroatoms. The summed E-state index contributed by atoms with van der Waals surface area (Å²) in [6.45, 7) is 5.61. The molecule has 0 aromatic heterocycles. The van der Waals surface area contributed by atoms with Gasteiger partial charge in [-0.25, -0.2) is 0 Å². The van der Waals surface area contributed by atoms with E-state index >= 15 is 0 Å². The summed E-state index contributed by atoms with van der Waals surface area (Å²) < 4.78 is 0. The average molecular weight is 205 g/mol. The van der Waals surface area contributed by atoms with Crippen LogP contribution in [0, 0.1) is 23.7 Å². The van der Waals surface area contributed by atoms with Crippen LogP contribution in [0.3, 0.4) is 0 Å². The van der Waals surface area contributed by atoms with Crippen LogP contribution in [-0.2, 0) is 4.79 Å². The minimum atomic E-state index is 0.142. The predicted octanol–water partition coefficient (Wildman–Crippen LogP) is 2.07. The summed E-state index contributed by atoms with van der Waals surface area (Å²) >= 11 is 0. The zero-order valence-electron chi connectivity index (χ0n) is 9.19. The second-order valence-corrected chi connectivity index (χ2v) is 5.45. The summed E-state index contributed by atoms with van der Waals surface area (Å²) in [5.74, 6) is 3.62. The van der Waals surface area contributed by atoms with Crippen molar-refractivity contribution in [1.82, 2.24) is 4.90 Å². The first-order valence-electron chi connectivity index (χ1n) is 6.21. The van der Waals surface area contributed by atoms with Crippen LogP contribution in [0.5, 0.6) is 0 Å². The van der Waals surface area contributed by atoms with Crippen LogP contribution in [0.15, 0.2) is 12.7 Å². The van der Waals surface area contributed by atoms with Gasteiger partial charge in [0.1, 0.15) is 0 Å². The number of amides is 1. The zero-order chi connectivity index (χ0) is 10.4. The van der Waals surface area contributed by atoms with Gasteiger partial charge in [-0.15, -0.1) is 0 Å². The van der Waals surface area contributed by atoms with E-state index < -0.39 is 0 Å². The third-order valence-electron chi connectivity index (χ3n) is 4.93. The van der Waals surface area contributed by atoms with Crippen molar-refractivity contribution in [1.29, 1.82) is 0 Å². The molecule has 0 spiro atoms. The van der Waals surface area contributed by atoms with E-state index in [1.165, 1.54) is 31.8 Å². The van der Waals surface area contributed by atoms with Gasteiger partial charge in [0.05, 0.1) is 0 Å². The van der Waals surface area contributed by atoms with Crippen molar-refractivity contribution in [3.63, 3.8) is 0 Å². The first-order chi connectivity index (χ1) is 7.29. The number of fused-ring (bicyclic) bond motifs is 2. The van der Waals surface area contributed by atoms with Gasteiger partial charge in [-0.3, -0.25) is 4.79 Å². The molecule has 0 radical (unpaired) electrons. The maximum Gasteiger partial charge on any atom is 0.245 e.